The van der Waals surface area contributed by atoms with E-state index in [4.69, 9.17) is 4.42 Å². The molecule has 1 unspecified atom stereocenters. The van der Waals surface area contributed by atoms with E-state index in [9.17, 15) is 0 Å². The van der Waals surface area contributed by atoms with Crippen LogP contribution in [0.2, 0.25) is 0 Å². The fraction of sp³-hybridized carbons (Fsp3) is 0.467. The molecule has 2 aromatic rings. The summed E-state index contributed by atoms with van der Waals surface area (Å²) in [6, 6.07) is 7.96. The first kappa shape index (κ1) is 11.2. The van der Waals surface area contributed by atoms with E-state index >= 15 is 0 Å². The molecule has 0 amide bonds. The van der Waals surface area contributed by atoms with Crippen LogP contribution >= 0.6 is 0 Å². The Balaban J connectivity index is 1.66. The van der Waals surface area contributed by atoms with Crippen LogP contribution in [0.4, 0.5) is 0 Å². The molecule has 2 atom stereocenters. The predicted molar refractivity (Wildman–Crippen MR) is 71.7 cm³/mol. The maximum Gasteiger partial charge on any atom is 0.154 e. The van der Waals surface area contributed by atoms with Gasteiger partial charge in [0.15, 0.2) is 5.76 Å². The van der Waals surface area contributed by atoms with Crippen LogP contribution in [-0.2, 0) is 5.41 Å². The topological polar surface area (TPSA) is 42.2 Å². The Kier molecular flexibility index (Phi) is 2.45. The van der Waals surface area contributed by atoms with Crippen LogP contribution in [0.25, 0.3) is 11.5 Å². The van der Waals surface area contributed by atoms with E-state index in [1.807, 2.05) is 18.2 Å². The van der Waals surface area contributed by atoms with Crippen molar-refractivity contribution in [3.8, 4) is 11.5 Å². The van der Waals surface area contributed by atoms with Crippen molar-refractivity contribution in [2.75, 3.05) is 19.6 Å². The molecule has 2 aliphatic rings. The van der Waals surface area contributed by atoms with E-state index in [1.54, 1.807) is 6.26 Å². The highest BCUT2D eigenvalue weighted by molar-refractivity contribution is 5.50. The smallest absolute Gasteiger partial charge is 0.154 e. The fourth-order valence-electron chi connectivity index (χ4n) is 3.50. The van der Waals surface area contributed by atoms with Gasteiger partial charge < -0.3 is 9.32 Å². The van der Waals surface area contributed by atoms with Crippen molar-refractivity contribution in [2.24, 2.45) is 0 Å². The summed E-state index contributed by atoms with van der Waals surface area (Å²) in [5, 5.41) is 8.84. The molecular formula is C15H17N3O. The monoisotopic (exact) mass is 255 g/mol. The number of furan rings is 1. The van der Waals surface area contributed by atoms with Crippen LogP contribution in [0.15, 0.2) is 34.9 Å². The van der Waals surface area contributed by atoms with Crippen LogP contribution in [0.5, 0.6) is 0 Å². The molecule has 0 spiro atoms. The molecule has 98 valence electrons. The molecular weight excluding hydrogens is 238 g/mol. The predicted octanol–water partition coefficient (Wildman–Crippen LogP) is 2.47. The summed E-state index contributed by atoms with van der Waals surface area (Å²) in [7, 11) is 0. The molecule has 4 rings (SSSR count). The van der Waals surface area contributed by atoms with Crippen LogP contribution in [-0.4, -0.2) is 34.7 Å². The Hall–Kier alpha value is -1.68. The first-order valence-corrected chi connectivity index (χ1v) is 6.96. The molecule has 2 fully saturated rings. The Morgan fingerprint density at radius 3 is 2.89 bits per heavy atom. The first-order chi connectivity index (χ1) is 9.36. The second-order valence-electron chi connectivity index (χ2n) is 5.69. The largest absolute Gasteiger partial charge is 0.463 e. The lowest BCUT2D eigenvalue weighted by molar-refractivity contribution is 0.239. The summed E-state index contributed by atoms with van der Waals surface area (Å²) in [4.78, 5) is 2.55. The molecule has 0 aliphatic carbocycles. The van der Waals surface area contributed by atoms with Crippen LogP contribution in [0, 0.1) is 0 Å². The average molecular weight is 255 g/mol. The Morgan fingerprint density at radius 2 is 2.11 bits per heavy atom. The van der Waals surface area contributed by atoms with Gasteiger partial charge in [-0.15, -0.1) is 5.10 Å². The number of hydrogen-bond acceptors (Lipinski definition) is 4. The molecule has 2 aliphatic heterocycles. The molecule has 0 radical (unpaired) electrons. The molecule has 4 heterocycles. The molecule has 2 bridgehead atoms. The Labute approximate surface area is 112 Å². The summed E-state index contributed by atoms with van der Waals surface area (Å²) in [5.74, 6) is 0.785. The summed E-state index contributed by atoms with van der Waals surface area (Å²) < 4.78 is 5.35. The zero-order chi connectivity index (χ0) is 12.7. The van der Waals surface area contributed by atoms with Crippen molar-refractivity contribution in [2.45, 2.75) is 24.7 Å². The summed E-state index contributed by atoms with van der Waals surface area (Å²) >= 11 is 0. The van der Waals surface area contributed by atoms with Gasteiger partial charge >= 0.3 is 0 Å². The van der Waals surface area contributed by atoms with Gasteiger partial charge in [-0.2, -0.15) is 5.10 Å². The van der Waals surface area contributed by atoms with Gasteiger partial charge in [0.25, 0.3) is 0 Å². The van der Waals surface area contributed by atoms with E-state index in [1.165, 1.54) is 32.4 Å². The standard InChI is InChI=1S/C15H17N3O/c1-3-13(19-10-1)12-4-5-14(17-16-12)15-6-2-8-18(11-15)9-7-15/h1,3-5,10H,2,6-9,11H2/t15-/m0/s1. The highest BCUT2D eigenvalue weighted by atomic mass is 16.3. The van der Waals surface area contributed by atoms with Crippen molar-refractivity contribution < 1.29 is 4.42 Å². The average Bonchev–Trinajstić information content (AvgIpc) is 3.09. The highest BCUT2D eigenvalue weighted by Gasteiger charge is 2.43. The molecule has 19 heavy (non-hydrogen) atoms. The lowest BCUT2D eigenvalue weighted by atomic mass is 9.78. The van der Waals surface area contributed by atoms with Crippen LogP contribution in [0.3, 0.4) is 0 Å². The van der Waals surface area contributed by atoms with Gasteiger partial charge in [-0.3, -0.25) is 0 Å². The molecule has 0 aromatic carbocycles. The lowest BCUT2D eigenvalue weighted by Gasteiger charge is -2.33. The molecule has 2 saturated heterocycles. The van der Waals surface area contributed by atoms with E-state index in [2.05, 4.69) is 21.2 Å². The SMILES string of the molecule is c1coc(-c2ccc([C@@]34CCCN(CC3)C4)nn2)c1. The van der Waals surface area contributed by atoms with Crippen molar-refractivity contribution >= 4 is 0 Å². The molecule has 0 N–H and O–H groups in total. The first-order valence-electron chi connectivity index (χ1n) is 6.96. The number of hydrogen-bond donors (Lipinski definition) is 0. The second-order valence-corrected chi connectivity index (χ2v) is 5.69. The van der Waals surface area contributed by atoms with Gasteiger partial charge in [0.2, 0.25) is 0 Å². The van der Waals surface area contributed by atoms with E-state index in [0.717, 1.165) is 23.7 Å². The summed E-state index contributed by atoms with van der Waals surface area (Å²) in [5.41, 5.74) is 2.23. The number of nitrogens with zero attached hydrogens (tertiary/aromatic N) is 3. The molecule has 2 aromatic heterocycles. The lowest BCUT2D eigenvalue weighted by Crippen LogP contribution is -2.37. The van der Waals surface area contributed by atoms with E-state index in [0.29, 0.717) is 0 Å². The normalized spacial score (nSPS) is 29.6. The summed E-state index contributed by atoms with van der Waals surface area (Å²) in [6.07, 6.45) is 5.42. The number of rotatable bonds is 2. The third-order valence-electron chi connectivity index (χ3n) is 4.54. The third-order valence-corrected chi connectivity index (χ3v) is 4.54. The van der Waals surface area contributed by atoms with E-state index in [-0.39, 0.29) is 5.41 Å². The van der Waals surface area contributed by atoms with Crippen molar-refractivity contribution in [3.05, 3.63) is 36.2 Å². The number of aromatic nitrogens is 2. The van der Waals surface area contributed by atoms with Gasteiger partial charge in [0.05, 0.1) is 12.0 Å². The zero-order valence-electron chi connectivity index (χ0n) is 10.9. The summed E-state index contributed by atoms with van der Waals surface area (Å²) in [6.45, 7) is 3.61. The van der Waals surface area contributed by atoms with E-state index < -0.39 is 0 Å². The van der Waals surface area contributed by atoms with Crippen molar-refractivity contribution in [1.29, 1.82) is 0 Å². The minimum atomic E-state index is 0.257. The van der Waals surface area contributed by atoms with Gasteiger partial charge in [0, 0.05) is 12.0 Å². The third kappa shape index (κ3) is 1.78. The Bertz CT molecular complexity index is 560. The molecule has 0 saturated carbocycles. The van der Waals surface area contributed by atoms with Gasteiger partial charge in [-0.05, 0) is 56.6 Å². The zero-order valence-corrected chi connectivity index (χ0v) is 10.9. The Morgan fingerprint density at radius 1 is 1.11 bits per heavy atom. The van der Waals surface area contributed by atoms with Gasteiger partial charge in [-0.25, -0.2) is 0 Å². The van der Waals surface area contributed by atoms with Gasteiger partial charge in [0.1, 0.15) is 5.69 Å². The maximum atomic E-state index is 5.35. The minimum Gasteiger partial charge on any atom is -0.463 e. The maximum absolute atomic E-state index is 5.35. The fourth-order valence-corrected chi connectivity index (χ4v) is 3.50. The minimum absolute atomic E-state index is 0.257. The van der Waals surface area contributed by atoms with Crippen molar-refractivity contribution in [3.63, 3.8) is 0 Å². The number of fused-ring (bicyclic) bond motifs is 2. The molecule has 4 nitrogen and oxygen atoms in total. The highest BCUT2D eigenvalue weighted by Crippen LogP contribution is 2.41. The van der Waals surface area contributed by atoms with Crippen LogP contribution < -0.4 is 0 Å². The second kappa shape index (κ2) is 4.17. The van der Waals surface area contributed by atoms with Crippen LogP contribution in [0.1, 0.15) is 25.0 Å². The van der Waals surface area contributed by atoms with Crippen molar-refractivity contribution in [1.82, 2.24) is 15.1 Å². The van der Waals surface area contributed by atoms with Gasteiger partial charge in [-0.1, -0.05) is 0 Å². The molecule has 4 heteroatoms. The quantitative estimate of drug-likeness (QED) is 0.826. The number of piperidine rings is 1.